The Balaban J connectivity index is 1.61. The van der Waals surface area contributed by atoms with Crippen molar-refractivity contribution < 1.29 is 4.39 Å². The molecule has 0 bridgehead atoms. The Hall–Kier alpha value is -4.14. The summed E-state index contributed by atoms with van der Waals surface area (Å²) in [6.07, 6.45) is 8.12. The number of pyridine rings is 1. The van der Waals surface area contributed by atoms with E-state index in [0.29, 0.717) is 23.4 Å². The molecular weight excluding hydrogens is 383 g/mol. The van der Waals surface area contributed by atoms with Gasteiger partial charge in [-0.25, -0.2) is 24.3 Å². The van der Waals surface area contributed by atoms with Gasteiger partial charge in [0.15, 0.2) is 0 Å². The molecule has 0 radical (unpaired) electrons. The first-order chi connectivity index (χ1) is 14.7. The summed E-state index contributed by atoms with van der Waals surface area (Å²) in [5.41, 5.74) is 1.67. The van der Waals surface area contributed by atoms with Gasteiger partial charge in [-0.05, 0) is 30.7 Å². The van der Waals surface area contributed by atoms with Crippen molar-refractivity contribution in [1.82, 2.24) is 24.9 Å². The van der Waals surface area contributed by atoms with Crippen molar-refractivity contribution in [2.24, 2.45) is 0 Å². The Morgan fingerprint density at radius 2 is 1.60 bits per heavy atom. The van der Waals surface area contributed by atoms with Gasteiger partial charge in [0.25, 0.3) is 0 Å². The van der Waals surface area contributed by atoms with Crippen molar-refractivity contribution in [3.8, 4) is 0 Å². The number of nitrogens with one attached hydrogen (secondary N) is 3. The van der Waals surface area contributed by atoms with Crippen LogP contribution in [0.3, 0.4) is 0 Å². The average molecular weight is 402 g/mol. The summed E-state index contributed by atoms with van der Waals surface area (Å²) < 4.78 is 13.2. The first-order valence-corrected chi connectivity index (χ1v) is 9.27. The SMILES string of the molecule is CC(Nc1cc(Nc2ncccn2)cc(Nc2cnccn2)n1)c1ccc(F)cc1. The van der Waals surface area contributed by atoms with E-state index >= 15 is 0 Å². The molecule has 0 amide bonds. The smallest absolute Gasteiger partial charge is 0.227 e. The third-order valence-corrected chi connectivity index (χ3v) is 4.20. The van der Waals surface area contributed by atoms with Gasteiger partial charge in [0.1, 0.15) is 23.3 Å². The molecule has 3 N–H and O–H groups in total. The lowest BCUT2D eigenvalue weighted by atomic mass is 10.1. The minimum absolute atomic E-state index is 0.0920. The Kier molecular flexibility index (Phi) is 5.70. The molecular formula is C21H19FN8. The molecule has 1 unspecified atom stereocenters. The van der Waals surface area contributed by atoms with Crippen molar-refractivity contribution >= 4 is 29.1 Å². The van der Waals surface area contributed by atoms with Crippen LogP contribution in [-0.2, 0) is 0 Å². The number of anilines is 5. The molecule has 4 aromatic rings. The monoisotopic (exact) mass is 402 g/mol. The van der Waals surface area contributed by atoms with E-state index in [-0.39, 0.29) is 11.9 Å². The number of benzene rings is 1. The molecule has 0 saturated heterocycles. The van der Waals surface area contributed by atoms with Crippen molar-refractivity contribution in [3.63, 3.8) is 0 Å². The molecule has 1 atom stereocenters. The fourth-order valence-electron chi connectivity index (χ4n) is 2.78. The zero-order valence-corrected chi connectivity index (χ0v) is 16.1. The van der Waals surface area contributed by atoms with Crippen molar-refractivity contribution in [2.75, 3.05) is 16.0 Å². The molecule has 0 fully saturated rings. The van der Waals surface area contributed by atoms with Crippen LogP contribution in [0.4, 0.5) is 33.5 Å². The number of aromatic nitrogens is 5. The van der Waals surface area contributed by atoms with E-state index < -0.39 is 0 Å². The summed E-state index contributed by atoms with van der Waals surface area (Å²) in [7, 11) is 0. The predicted molar refractivity (Wildman–Crippen MR) is 113 cm³/mol. The largest absolute Gasteiger partial charge is 0.363 e. The number of halogens is 1. The number of hydrogen-bond acceptors (Lipinski definition) is 8. The molecule has 0 aliphatic rings. The van der Waals surface area contributed by atoms with E-state index in [1.54, 1.807) is 49.2 Å². The van der Waals surface area contributed by atoms with Gasteiger partial charge in [-0.15, -0.1) is 0 Å². The van der Waals surface area contributed by atoms with Gasteiger partial charge >= 0.3 is 0 Å². The minimum atomic E-state index is -0.270. The Bertz CT molecular complexity index is 1030. The third-order valence-electron chi connectivity index (χ3n) is 4.20. The van der Waals surface area contributed by atoms with Crippen molar-refractivity contribution in [3.05, 3.63) is 84.8 Å². The van der Waals surface area contributed by atoms with Crippen LogP contribution in [0.1, 0.15) is 18.5 Å². The van der Waals surface area contributed by atoms with Crippen molar-refractivity contribution in [1.29, 1.82) is 0 Å². The fraction of sp³-hybridized carbons (Fsp3) is 0.0952. The van der Waals surface area contributed by atoms with Gasteiger partial charge in [-0.1, -0.05) is 12.1 Å². The second kappa shape index (κ2) is 8.91. The standard InChI is InChI=1S/C21H19FN8/c1-14(15-3-5-16(22)6-4-15)27-18-11-17(28-21-25-7-2-8-26-21)12-19(29-18)30-20-13-23-9-10-24-20/h2-14H,1H3,(H3,24,25,26,27,28,29,30). The molecule has 3 aromatic heterocycles. The molecule has 150 valence electrons. The van der Waals surface area contributed by atoms with E-state index in [4.69, 9.17) is 0 Å². The highest BCUT2D eigenvalue weighted by molar-refractivity contribution is 5.66. The maximum atomic E-state index is 13.2. The molecule has 9 heteroatoms. The van der Waals surface area contributed by atoms with Gasteiger partial charge in [0, 0.05) is 48.6 Å². The van der Waals surface area contributed by atoms with Gasteiger partial charge in [-0.3, -0.25) is 4.98 Å². The van der Waals surface area contributed by atoms with E-state index in [0.717, 1.165) is 11.3 Å². The lowest BCUT2D eigenvalue weighted by Gasteiger charge is -2.17. The predicted octanol–water partition coefficient (Wildman–Crippen LogP) is 4.46. The molecule has 8 nitrogen and oxygen atoms in total. The van der Waals surface area contributed by atoms with Gasteiger partial charge in [-0.2, -0.15) is 0 Å². The summed E-state index contributed by atoms with van der Waals surface area (Å²) in [6, 6.07) is 11.7. The van der Waals surface area contributed by atoms with Crippen LogP contribution < -0.4 is 16.0 Å². The molecule has 0 aliphatic heterocycles. The second-order valence-electron chi connectivity index (χ2n) is 6.46. The highest BCUT2D eigenvalue weighted by atomic mass is 19.1. The van der Waals surface area contributed by atoms with Crippen LogP contribution in [0.2, 0.25) is 0 Å². The maximum Gasteiger partial charge on any atom is 0.227 e. The summed E-state index contributed by atoms with van der Waals surface area (Å²) in [6.45, 7) is 1.98. The van der Waals surface area contributed by atoms with Crippen molar-refractivity contribution in [2.45, 2.75) is 13.0 Å². The Morgan fingerprint density at radius 3 is 2.33 bits per heavy atom. The van der Waals surface area contributed by atoms with Crippen LogP contribution in [0.15, 0.2) is 73.4 Å². The van der Waals surface area contributed by atoms with Crippen LogP contribution in [0, 0.1) is 5.82 Å². The fourth-order valence-corrected chi connectivity index (χ4v) is 2.78. The number of nitrogens with zero attached hydrogens (tertiary/aromatic N) is 5. The summed E-state index contributed by atoms with van der Waals surface area (Å²) >= 11 is 0. The van der Waals surface area contributed by atoms with E-state index in [2.05, 4.69) is 40.9 Å². The minimum Gasteiger partial charge on any atom is -0.363 e. The normalized spacial score (nSPS) is 11.5. The van der Waals surface area contributed by atoms with Crippen LogP contribution >= 0.6 is 0 Å². The quantitative estimate of drug-likeness (QED) is 0.417. The molecule has 0 spiro atoms. The van der Waals surface area contributed by atoms with Crippen LogP contribution in [0.25, 0.3) is 0 Å². The molecule has 0 aliphatic carbocycles. The van der Waals surface area contributed by atoms with E-state index in [1.165, 1.54) is 12.1 Å². The first kappa shape index (κ1) is 19.2. The zero-order chi connectivity index (χ0) is 20.8. The molecule has 0 saturated carbocycles. The summed E-state index contributed by atoms with van der Waals surface area (Å²) in [5, 5.41) is 9.64. The maximum absolute atomic E-state index is 13.2. The lowest BCUT2D eigenvalue weighted by molar-refractivity contribution is 0.626. The highest BCUT2D eigenvalue weighted by Gasteiger charge is 2.10. The molecule has 4 rings (SSSR count). The van der Waals surface area contributed by atoms with Gasteiger partial charge < -0.3 is 16.0 Å². The second-order valence-corrected chi connectivity index (χ2v) is 6.46. The summed E-state index contributed by atoms with van der Waals surface area (Å²) in [4.78, 5) is 21.3. The van der Waals surface area contributed by atoms with E-state index in [1.807, 2.05) is 19.1 Å². The highest BCUT2D eigenvalue weighted by Crippen LogP contribution is 2.25. The Morgan fingerprint density at radius 1 is 0.833 bits per heavy atom. The van der Waals surface area contributed by atoms with Crippen LogP contribution in [0.5, 0.6) is 0 Å². The van der Waals surface area contributed by atoms with Gasteiger partial charge in [0.05, 0.1) is 6.20 Å². The topological polar surface area (TPSA) is 101 Å². The first-order valence-electron chi connectivity index (χ1n) is 9.27. The summed E-state index contributed by atoms with van der Waals surface area (Å²) in [5.74, 6) is 1.93. The van der Waals surface area contributed by atoms with Crippen LogP contribution in [-0.4, -0.2) is 24.9 Å². The van der Waals surface area contributed by atoms with E-state index in [9.17, 15) is 4.39 Å². The number of hydrogen-bond donors (Lipinski definition) is 3. The number of rotatable bonds is 7. The molecule has 1 aromatic carbocycles. The van der Waals surface area contributed by atoms with Gasteiger partial charge in [0.2, 0.25) is 5.95 Å². The zero-order valence-electron chi connectivity index (χ0n) is 16.1. The Labute approximate surface area is 172 Å². The average Bonchev–Trinajstić information content (AvgIpc) is 2.75. The third kappa shape index (κ3) is 5.02. The lowest BCUT2D eigenvalue weighted by Crippen LogP contribution is -2.09. The molecule has 30 heavy (non-hydrogen) atoms. The molecule has 3 heterocycles.